The van der Waals surface area contributed by atoms with Crippen molar-refractivity contribution >= 4 is 17.5 Å². The number of rotatable bonds is 2. The fourth-order valence-electron chi connectivity index (χ4n) is 1.92. The lowest BCUT2D eigenvalue weighted by molar-refractivity contribution is -0.119. The summed E-state index contributed by atoms with van der Waals surface area (Å²) in [6.45, 7) is 3.96. The van der Waals surface area contributed by atoms with Gasteiger partial charge in [0.2, 0.25) is 5.91 Å². The summed E-state index contributed by atoms with van der Waals surface area (Å²) in [5.74, 6) is -0.213. The van der Waals surface area contributed by atoms with E-state index in [-0.39, 0.29) is 17.7 Å². The zero-order valence-electron chi connectivity index (χ0n) is 9.99. The average molecular weight is 232 g/mol. The standard InChI is InChI=1S/C13H16N2O2/c1-3-8(2)11-13(17)14-10-7-5-4-6-9(10)12(16)15-11/h4-8,11H,3H2,1-2H3,(H,14,17)(H,15,16)/t8-,11+/m1/s1. The maximum Gasteiger partial charge on any atom is 0.254 e. The lowest BCUT2D eigenvalue weighted by Gasteiger charge is -2.20. The van der Waals surface area contributed by atoms with Gasteiger partial charge in [-0.05, 0) is 18.1 Å². The van der Waals surface area contributed by atoms with Gasteiger partial charge in [0.1, 0.15) is 6.04 Å². The highest BCUT2D eigenvalue weighted by Crippen LogP contribution is 2.20. The maximum absolute atomic E-state index is 12.0. The van der Waals surface area contributed by atoms with E-state index in [1.165, 1.54) is 0 Å². The molecule has 0 bridgehead atoms. The van der Waals surface area contributed by atoms with Crippen LogP contribution in [0.4, 0.5) is 5.69 Å². The monoisotopic (exact) mass is 232 g/mol. The van der Waals surface area contributed by atoms with E-state index in [0.29, 0.717) is 11.3 Å². The molecule has 0 radical (unpaired) electrons. The molecule has 4 heteroatoms. The lowest BCUT2D eigenvalue weighted by atomic mass is 9.98. The largest absolute Gasteiger partial charge is 0.340 e. The number of hydrogen-bond acceptors (Lipinski definition) is 2. The van der Waals surface area contributed by atoms with Crippen LogP contribution >= 0.6 is 0 Å². The molecule has 0 aromatic heterocycles. The molecule has 2 atom stereocenters. The van der Waals surface area contributed by atoms with Crippen LogP contribution in [0, 0.1) is 5.92 Å². The van der Waals surface area contributed by atoms with Crippen LogP contribution in [0.1, 0.15) is 30.6 Å². The number of para-hydroxylation sites is 1. The van der Waals surface area contributed by atoms with Crippen LogP contribution in [0.5, 0.6) is 0 Å². The first-order valence-electron chi connectivity index (χ1n) is 5.84. The second-order valence-electron chi connectivity index (χ2n) is 4.37. The number of carbonyl (C=O) groups is 2. The molecule has 0 spiro atoms. The molecule has 1 aromatic rings. The second kappa shape index (κ2) is 4.57. The molecular weight excluding hydrogens is 216 g/mol. The van der Waals surface area contributed by atoms with Crippen molar-refractivity contribution in [2.45, 2.75) is 26.3 Å². The Morgan fingerprint density at radius 2 is 2.00 bits per heavy atom. The van der Waals surface area contributed by atoms with Gasteiger partial charge in [-0.1, -0.05) is 32.4 Å². The number of nitrogens with one attached hydrogen (secondary N) is 2. The predicted molar refractivity (Wildman–Crippen MR) is 65.8 cm³/mol. The van der Waals surface area contributed by atoms with Gasteiger partial charge < -0.3 is 10.6 Å². The lowest BCUT2D eigenvalue weighted by Crippen LogP contribution is -2.45. The van der Waals surface area contributed by atoms with Crippen molar-refractivity contribution < 1.29 is 9.59 Å². The molecule has 2 amide bonds. The van der Waals surface area contributed by atoms with Gasteiger partial charge in [-0.25, -0.2) is 0 Å². The summed E-state index contributed by atoms with van der Waals surface area (Å²) in [4.78, 5) is 24.0. The Morgan fingerprint density at radius 3 is 2.71 bits per heavy atom. The third-order valence-electron chi connectivity index (χ3n) is 3.21. The first-order valence-corrected chi connectivity index (χ1v) is 5.84. The van der Waals surface area contributed by atoms with Gasteiger partial charge in [-0.3, -0.25) is 9.59 Å². The van der Waals surface area contributed by atoms with E-state index >= 15 is 0 Å². The Morgan fingerprint density at radius 1 is 1.29 bits per heavy atom. The summed E-state index contributed by atoms with van der Waals surface area (Å²) in [5, 5.41) is 5.58. The highest BCUT2D eigenvalue weighted by Gasteiger charge is 2.30. The molecule has 4 nitrogen and oxygen atoms in total. The summed E-state index contributed by atoms with van der Waals surface area (Å²) in [6.07, 6.45) is 0.842. The van der Waals surface area contributed by atoms with Crippen molar-refractivity contribution in [2.24, 2.45) is 5.92 Å². The highest BCUT2D eigenvalue weighted by molar-refractivity contribution is 6.09. The minimum Gasteiger partial charge on any atom is -0.340 e. The number of hydrogen-bond donors (Lipinski definition) is 2. The van der Waals surface area contributed by atoms with Gasteiger partial charge in [-0.2, -0.15) is 0 Å². The molecule has 2 N–H and O–H groups in total. The van der Waals surface area contributed by atoms with Crippen LogP contribution in [0.15, 0.2) is 24.3 Å². The molecule has 0 saturated carbocycles. The van der Waals surface area contributed by atoms with Crippen molar-refractivity contribution in [3.63, 3.8) is 0 Å². The highest BCUT2D eigenvalue weighted by atomic mass is 16.2. The summed E-state index contributed by atoms with van der Waals surface area (Å²) < 4.78 is 0. The zero-order chi connectivity index (χ0) is 12.4. The van der Waals surface area contributed by atoms with E-state index in [2.05, 4.69) is 10.6 Å². The minimum atomic E-state index is -0.458. The first kappa shape index (κ1) is 11.6. The van der Waals surface area contributed by atoms with E-state index < -0.39 is 6.04 Å². The van der Waals surface area contributed by atoms with Gasteiger partial charge in [0.05, 0.1) is 11.3 Å². The Bertz CT molecular complexity index is 456. The van der Waals surface area contributed by atoms with Crippen LogP contribution in [0.3, 0.4) is 0 Å². The van der Waals surface area contributed by atoms with Gasteiger partial charge in [0, 0.05) is 0 Å². The first-order chi connectivity index (χ1) is 8.13. The van der Waals surface area contributed by atoms with E-state index in [1.807, 2.05) is 13.8 Å². The number of fused-ring (bicyclic) bond motifs is 1. The number of benzene rings is 1. The Labute approximate surface area is 100 Å². The molecular formula is C13H16N2O2. The van der Waals surface area contributed by atoms with E-state index in [1.54, 1.807) is 24.3 Å². The molecule has 1 aliphatic heterocycles. The average Bonchev–Trinajstić information content (AvgIpc) is 2.46. The van der Waals surface area contributed by atoms with Crippen LogP contribution in [0.2, 0.25) is 0 Å². The Hall–Kier alpha value is -1.84. The molecule has 90 valence electrons. The number of amides is 2. The molecule has 0 aliphatic carbocycles. The Kier molecular flexibility index (Phi) is 3.13. The van der Waals surface area contributed by atoms with Crippen LogP contribution in [-0.2, 0) is 4.79 Å². The summed E-state index contributed by atoms with van der Waals surface area (Å²) >= 11 is 0. The Balaban J connectivity index is 2.35. The molecule has 2 rings (SSSR count). The molecule has 17 heavy (non-hydrogen) atoms. The zero-order valence-corrected chi connectivity index (χ0v) is 9.99. The smallest absolute Gasteiger partial charge is 0.254 e. The summed E-state index contributed by atoms with van der Waals surface area (Å²) in [7, 11) is 0. The molecule has 0 saturated heterocycles. The second-order valence-corrected chi connectivity index (χ2v) is 4.37. The number of carbonyl (C=O) groups excluding carboxylic acids is 2. The topological polar surface area (TPSA) is 58.2 Å². The maximum atomic E-state index is 12.0. The molecule has 0 unspecified atom stereocenters. The fraction of sp³-hybridized carbons (Fsp3) is 0.385. The molecule has 0 fully saturated rings. The van der Waals surface area contributed by atoms with Gasteiger partial charge in [0.15, 0.2) is 0 Å². The fourth-order valence-corrected chi connectivity index (χ4v) is 1.92. The van der Waals surface area contributed by atoms with Crippen LogP contribution < -0.4 is 10.6 Å². The van der Waals surface area contributed by atoms with Crippen molar-refractivity contribution in [3.8, 4) is 0 Å². The van der Waals surface area contributed by atoms with Crippen LogP contribution in [-0.4, -0.2) is 17.9 Å². The van der Waals surface area contributed by atoms with E-state index in [0.717, 1.165) is 6.42 Å². The van der Waals surface area contributed by atoms with Crippen molar-refractivity contribution in [2.75, 3.05) is 5.32 Å². The predicted octanol–water partition coefficient (Wildman–Crippen LogP) is 1.78. The van der Waals surface area contributed by atoms with E-state index in [9.17, 15) is 9.59 Å². The van der Waals surface area contributed by atoms with Crippen molar-refractivity contribution in [1.82, 2.24) is 5.32 Å². The third-order valence-corrected chi connectivity index (χ3v) is 3.21. The third kappa shape index (κ3) is 2.16. The normalized spacial score (nSPS) is 20.9. The van der Waals surface area contributed by atoms with Gasteiger partial charge in [0.25, 0.3) is 5.91 Å². The van der Waals surface area contributed by atoms with Crippen molar-refractivity contribution in [1.29, 1.82) is 0 Å². The van der Waals surface area contributed by atoms with Gasteiger partial charge in [-0.15, -0.1) is 0 Å². The van der Waals surface area contributed by atoms with Crippen LogP contribution in [0.25, 0.3) is 0 Å². The van der Waals surface area contributed by atoms with E-state index in [4.69, 9.17) is 0 Å². The molecule has 1 heterocycles. The van der Waals surface area contributed by atoms with Crippen molar-refractivity contribution in [3.05, 3.63) is 29.8 Å². The van der Waals surface area contributed by atoms with Gasteiger partial charge >= 0.3 is 0 Å². The molecule has 1 aliphatic rings. The SMILES string of the molecule is CC[C@@H](C)[C@@H]1NC(=O)c2ccccc2NC1=O. The quantitative estimate of drug-likeness (QED) is 0.816. The summed E-state index contributed by atoms with van der Waals surface area (Å²) in [6, 6.07) is 6.58. The summed E-state index contributed by atoms with van der Waals surface area (Å²) in [5.41, 5.74) is 1.10. The minimum absolute atomic E-state index is 0.119. The molecule has 1 aromatic carbocycles. The number of anilines is 1.